The molecule has 3 aliphatic carbocycles. The Bertz CT molecular complexity index is 668. The number of fused-ring (bicyclic) bond motifs is 5. The Morgan fingerprint density at radius 3 is 2.36 bits per heavy atom. The molecule has 4 rings (SSSR count). The lowest BCUT2D eigenvalue weighted by Gasteiger charge is -2.61. The van der Waals surface area contributed by atoms with Crippen LogP contribution in [0.25, 0.3) is 0 Å². The predicted molar refractivity (Wildman–Crippen MR) is 112 cm³/mol. The van der Waals surface area contributed by atoms with Crippen molar-refractivity contribution in [3.63, 3.8) is 0 Å². The molecule has 4 fully saturated rings. The van der Waals surface area contributed by atoms with Crippen LogP contribution >= 0.6 is 0 Å². The Morgan fingerprint density at radius 1 is 1.00 bits per heavy atom. The minimum atomic E-state index is -0.323. The largest absolute Gasteiger partial charge is 0.352 e. The third-order valence-corrected chi connectivity index (χ3v) is 9.54. The van der Waals surface area contributed by atoms with E-state index >= 15 is 0 Å². The maximum atomic E-state index is 12.7. The lowest BCUT2D eigenvalue weighted by molar-refractivity contribution is -0.157. The number of carbonyl (C=O) groups excluding carboxylic acids is 2. The molecule has 0 bridgehead atoms. The molecule has 0 radical (unpaired) electrons. The summed E-state index contributed by atoms with van der Waals surface area (Å²) in [5.41, 5.74) is 0.192. The van der Waals surface area contributed by atoms with E-state index in [4.69, 9.17) is 0 Å². The van der Waals surface area contributed by atoms with Gasteiger partial charge >= 0.3 is 0 Å². The standard InChI is InChI=1S/C24H40N2O2/c1-22(2,3)21(28)25-18-9-8-16-15-7-10-19-24(5,14-12-20(27)26(19)6)17(15)11-13-23(16,18)4/h15-19H,7-14H2,1-6H3,(H,25,28)/t15-,16-,17-,18-,19+,23-,24+/m0/s1. The van der Waals surface area contributed by atoms with Crippen molar-refractivity contribution in [1.29, 1.82) is 0 Å². The quantitative estimate of drug-likeness (QED) is 0.725. The molecule has 4 heteroatoms. The minimum Gasteiger partial charge on any atom is -0.352 e. The van der Waals surface area contributed by atoms with E-state index in [0.29, 0.717) is 18.0 Å². The monoisotopic (exact) mass is 388 g/mol. The molecule has 0 spiro atoms. The molecule has 0 unspecified atom stereocenters. The van der Waals surface area contributed by atoms with Gasteiger partial charge in [-0.25, -0.2) is 0 Å². The van der Waals surface area contributed by atoms with Gasteiger partial charge in [0.05, 0.1) is 0 Å². The zero-order chi connectivity index (χ0) is 20.5. The highest BCUT2D eigenvalue weighted by molar-refractivity contribution is 5.81. The van der Waals surface area contributed by atoms with Gasteiger partial charge in [-0.2, -0.15) is 0 Å². The van der Waals surface area contributed by atoms with Gasteiger partial charge in [-0.15, -0.1) is 0 Å². The molecule has 0 aromatic rings. The predicted octanol–water partition coefficient (Wildman–Crippen LogP) is 4.38. The molecule has 7 atom stereocenters. The summed E-state index contributed by atoms with van der Waals surface area (Å²) in [6.07, 6.45) is 9.05. The van der Waals surface area contributed by atoms with E-state index in [0.717, 1.165) is 43.4 Å². The molecule has 158 valence electrons. The van der Waals surface area contributed by atoms with Gasteiger partial charge in [-0.05, 0) is 73.5 Å². The molecular weight excluding hydrogens is 348 g/mol. The fourth-order valence-electron chi connectivity index (χ4n) is 7.76. The van der Waals surface area contributed by atoms with Gasteiger partial charge in [0, 0.05) is 31.0 Å². The second kappa shape index (κ2) is 6.47. The van der Waals surface area contributed by atoms with Crippen LogP contribution in [0.1, 0.15) is 86.0 Å². The molecule has 4 nitrogen and oxygen atoms in total. The smallest absolute Gasteiger partial charge is 0.225 e. The summed E-state index contributed by atoms with van der Waals surface area (Å²) in [6, 6.07) is 0.753. The topological polar surface area (TPSA) is 49.4 Å². The van der Waals surface area contributed by atoms with Crippen LogP contribution in [-0.4, -0.2) is 35.8 Å². The molecule has 1 heterocycles. The number of nitrogens with zero attached hydrogens (tertiary/aromatic N) is 1. The van der Waals surface area contributed by atoms with Gasteiger partial charge in [0.15, 0.2) is 0 Å². The summed E-state index contributed by atoms with van der Waals surface area (Å²) in [5, 5.41) is 3.44. The Hall–Kier alpha value is -1.06. The second-order valence-electron chi connectivity index (χ2n) is 11.9. The summed E-state index contributed by atoms with van der Waals surface area (Å²) >= 11 is 0. The lowest BCUT2D eigenvalue weighted by atomic mass is 9.47. The van der Waals surface area contributed by atoms with E-state index < -0.39 is 0 Å². The number of likely N-dealkylation sites (tertiary alicyclic amines) is 1. The molecule has 2 amide bonds. The average Bonchev–Trinajstić information content (AvgIpc) is 2.94. The summed E-state index contributed by atoms with van der Waals surface area (Å²) in [5.74, 6) is 2.75. The van der Waals surface area contributed by atoms with Gasteiger partial charge in [0.2, 0.25) is 11.8 Å². The lowest BCUT2D eigenvalue weighted by Crippen LogP contribution is -2.62. The first-order valence-corrected chi connectivity index (χ1v) is 11.5. The van der Waals surface area contributed by atoms with E-state index in [1.54, 1.807) is 0 Å². The molecule has 1 aliphatic heterocycles. The van der Waals surface area contributed by atoms with Crippen LogP contribution in [0.2, 0.25) is 0 Å². The Labute approximate surface area is 171 Å². The van der Waals surface area contributed by atoms with Gasteiger partial charge < -0.3 is 10.2 Å². The first-order valence-electron chi connectivity index (χ1n) is 11.5. The third-order valence-electron chi connectivity index (χ3n) is 9.54. The highest BCUT2D eigenvalue weighted by Gasteiger charge is 2.61. The molecule has 1 N–H and O–H groups in total. The van der Waals surface area contributed by atoms with E-state index in [-0.39, 0.29) is 22.2 Å². The van der Waals surface area contributed by atoms with Crippen molar-refractivity contribution in [3.8, 4) is 0 Å². The van der Waals surface area contributed by atoms with Gasteiger partial charge in [-0.3, -0.25) is 9.59 Å². The van der Waals surface area contributed by atoms with Crippen LogP contribution in [0.5, 0.6) is 0 Å². The van der Waals surface area contributed by atoms with E-state index in [2.05, 4.69) is 24.1 Å². The zero-order valence-electron chi connectivity index (χ0n) is 18.8. The number of rotatable bonds is 1. The minimum absolute atomic E-state index is 0.199. The zero-order valence-corrected chi connectivity index (χ0v) is 18.8. The number of carbonyl (C=O) groups is 2. The number of piperidine rings is 1. The molecular formula is C24H40N2O2. The van der Waals surface area contributed by atoms with E-state index in [1.807, 2.05) is 27.8 Å². The normalized spacial score (nSPS) is 45.9. The van der Waals surface area contributed by atoms with Gasteiger partial charge in [-0.1, -0.05) is 34.6 Å². The maximum absolute atomic E-state index is 12.7. The third kappa shape index (κ3) is 2.84. The van der Waals surface area contributed by atoms with Crippen LogP contribution in [0.3, 0.4) is 0 Å². The van der Waals surface area contributed by atoms with Crippen LogP contribution < -0.4 is 5.32 Å². The van der Waals surface area contributed by atoms with Crippen molar-refractivity contribution < 1.29 is 9.59 Å². The summed E-state index contributed by atoms with van der Waals surface area (Å²) in [6.45, 7) is 11.0. The Kier molecular flexibility index (Phi) is 4.67. The fraction of sp³-hybridized carbons (Fsp3) is 0.917. The second-order valence-corrected chi connectivity index (χ2v) is 11.9. The first kappa shape index (κ1) is 20.2. The summed E-state index contributed by atoms with van der Waals surface area (Å²) < 4.78 is 0. The van der Waals surface area contributed by atoms with Gasteiger partial charge in [0.1, 0.15) is 0 Å². The molecule has 0 aromatic heterocycles. The van der Waals surface area contributed by atoms with Crippen molar-refractivity contribution in [2.75, 3.05) is 7.05 Å². The summed E-state index contributed by atoms with van der Waals surface area (Å²) in [4.78, 5) is 27.1. The number of amides is 2. The Morgan fingerprint density at radius 2 is 1.68 bits per heavy atom. The van der Waals surface area contributed by atoms with Crippen molar-refractivity contribution in [2.24, 2.45) is 34.0 Å². The highest BCUT2D eigenvalue weighted by atomic mass is 16.2. The van der Waals surface area contributed by atoms with Crippen LogP contribution in [0, 0.1) is 34.0 Å². The van der Waals surface area contributed by atoms with Crippen LogP contribution in [0.15, 0.2) is 0 Å². The maximum Gasteiger partial charge on any atom is 0.225 e. The highest BCUT2D eigenvalue weighted by Crippen LogP contribution is 2.64. The Balaban J connectivity index is 1.55. The van der Waals surface area contributed by atoms with E-state index in [1.165, 1.54) is 25.7 Å². The molecule has 0 aromatic carbocycles. The number of hydrogen-bond donors (Lipinski definition) is 1. The van der Waals surface area contributed by atoms with Crippen molar-refractivity contribution in [2.45, 2.75) is 98.1 Å². The van der Waals surface area contributed by atoms with E-state index in [9.17, 15) is 9.59 Å². The van der Waals surface area contributed by atoms with Crippen LogP contribution in [-0.2, 0) is 9.59 Å². The van der Waals surface area contributed by atoms with Crippen molar-refractivity contribution in [1.82, 2.24) is 10.2 Å². The molecule has 3 saturated carbocycles. The SMILES string of the molecule is CN1C(=O)CC[C@]2(C)[C@H]3CC[C@]4(C)[C@@H](NC(=O)C(C)(C)C)CC[C@H]4[C@@H]3CC[C@@H]12. The first-order chi connectivity index (χ1) is 13.0. The van der Waals surface area contributed by atoms with Crippen molar-refractivity contribution >= 4 is 11.8 Å². The molecule has 28 heavy (non-hydrogen) atoms. The van der Waals surface area contributed by atoms with Gasteiger partial charge in [0.25, 0.3) is 0 Å². The fourth-order valence-corrected chi connectivity index (χ4v) is 7.76. The number of nitrogens with one attached hydrogen (secondary N) is 1. The average molecular weight is 389 g/mol. The number of hydrogen-bond acceptors (Lipinski definition) is 2. The molecule has 4 aliphatic rings. The van der Waals surface area contributed by atoms with Crippen molar-refractivity contribution in [3.05, 3.63) is 0 Å². The summed E-state index contributed by atoms with van der Waals surface area (Å²) in [7, 11) is 2.03. The van der Waals surface area contributed by atoms with Crippen LogP contribution in [0.4, 0.5) is 0 Å². The molecule has 1 saturated heterocycles.